The van der Waals surface area contributed by atoms with Gasteiger partial charge in [0.25, 0.3) is 5.91 Å². The number of amides is 4. The number of carbonyl (C=O) groups excluding carboxylic acids is 3. The van der Waals surface area contributed by atoms with Crippen LogP contribution in [0.5, 0.6) is 5.75 Å². The van der Waals surface area contributed by atoms with Crippen LogP contribution in [0.2, 0.25) is 0 Å². The number of ether oxygens (including phenoxy) is 2. The Hall–Kier alpha value is -3.63. The van der Waals surface area contributed by atoms with Crippen molar-refractivity contribution < 1.29 is 23.9 Å². The van der Waals surface area contributed by atoms with Crippen LogP contribution < -0.4 is 15.4 Å². The number of carbonyl (C=O) groups is 3. The number of likely N-dealkylation sites (N-methyl/N-ethyl adjacent to an activating group) is 2. The maximum Gasteiger partial charge on any atom is 0.323 e. The van der Waals surface area contributed by atoms with Crippen LogP contribution in [-0.4, -0.2) is 99.2 Å². The van der Waals surface area contributed by atoms with Gasteiger partial charge in [-0.3, -0.25) is 9.59 Å². The molecular formula is C28H39N5O5. The van der Waals surface area contributed by atoms with Gasteiger partial charge in [-0.25, -0.2) is 4.79 Å². The monoisotopic (exact) mass is 525 g/mol. The lowest BCUT2D eigenvalue weighted by atomic mass is 10.0. The molecular weight excluding hydrogens is 486 g/mol. The molecule has 2 aromatic rings. The average molecular weight is 526 g/mol. The first-order valence-electron chi connectivity index (χ1n) is 12.7. The molecule has 4 amide bonds. The van der Waals surface area contributed by atoms with E-state index < -0.39 is 6.03 Å². The number of rotatable bonds is 5. The zero-order chi connectivity index (χ0) is 27.8. The summed E-state index contributed by atoms with van der Waals surface area (Å²) in [5.41, 5.74) is 1.41. The molecule has 2 aromatic carbocycles. The van der Waals surface area contributed by atoms with E-state index in [9.17, 15) is 14.4 Å². The summed E-state index contributed by atoms with van der Waals surface area (Å²) < 4.78 is 11.9. The zero-order valence-electron chi connectivity index (χ0n) is 23.1. The van der Waals surface area contributed by atoms with Crippen LogP contribution in [0.15, 0.2) is 48.5 Å². The van der Waals surface area contributed by atoms with Crippen molar-refractivity contribution in [1.29, 1.82) is 0 Å². The summed E-state index contributed by atoms with van der Waals surface area (Å²) in [7, 11) is 7.04. The number of hydrogen-bond acceptors (Lipinski definition) is 6. The van der Waals surface area contributed by atoms with Crippen LogP contribution in [-0.2, 0) is 9.53 Å². The van der Waals surface area contributed by atoms with Crippen molar-refractivity contribution in [3.63, 3.8) is 0 Å². The second-order valence-corrected chi connectivity index (χ2v) is 10.0. The Balaban J connectivity index is 1.89. The number of methoxy groups -OCH3 is 1. The van der Waals surface area contributed by atoms with E-state index in [1.54, 1.807) is 49.4 Å². The molecule has 10 heteroatoms. The zero-order valence-corrected chi connectivity index (χ0v) is 23.1. The van der Waals surface area contributed by atoms with Crippen LogP contribution in [0.25, 0.3) is 0 Å². The third-order valence-electron chi connectivity index (χ3n) is 6.51. The van der Waals surface area contributed by atoms with Crippen LogP contribution in [0.3, 0.4) is 0 Å². The third kappa shape index (κ3) is 7.69. The van der Waals surface area contributed by atoms with Crippen molar-refractivity contribution in [1.82, 2.24) is 14.7 Å². The van der Waals surface area contributed by atoms with Crippen molar-refractivity contribution in [2.45, 2.75) is 26.0 Å². The molecule has 0 bridgehead atoms. The van der Waals surface area contributed by atoms with Gasteiger partial charge in [0.2, 0.25) is 5.91 Å². The lowest BCUT2D eigenvalue weighted by Gasteiger charge is -2.36. The lowest BCUT2D eigenvalue weighted by molar-refractivity contribution is -0.136. The standard InChI is InChI=1S/C28H39N5O5/c1-19-15-33(26(34)17-31(3)4)20(2)18-38-24-13-12-22(30-28(36)29-21-10-8-7-9-11-21)14-23(24)27(35)32(5)16-25(19)37-6/h7-14,19-20,25H,15-18H2,1-6H3,(H2,29,30,36)/t19-,20+,25+/m0/s1. The summed E-state index contributed by atoms with van der Waals surface area (Å²) >= 11 is 0. The van der Waals surface area contributed by atoms with Crippen LogP contribution in [0.1, 0.15) is 24.2 Å². The smallest absolute Gasteiger partial charge is 0.323 e. The van der Waals surface area contributed by atoms with E-state index in [1.165, 1.54) is 0 Å². The molecule has 1 aliphatic rings. The fourth-order valence-electron chi connectivity index (χ4n) is 4.38. The number of anilines is 2. The fourth-order valence-corrected chi connectivity index (χ4v) is 4.38. The molecule has 0 saturated heterocycles. The van der Waals surface area contributed by atoms with Gasteiger partial charge in [-0.15, -0.1) is 0 Å². The lowest BCUT2D eigenvalue weighted by Crippen LogP contribution is -2.50. The molecule has 0 fully saturated rings. The molecule has 0 spiro atoms. The quantitative estimate of drug-likeness (QED) is 0.621. The van der Waals surface area contributed by atoms with Crippen molar-refractivity contribution >= 4 is 29.2 Å². The molecule has 3 rings (SSSR count). The number of fused-ring (bicyclic) bond motifs is 1. The average Bonchev–Trinajstić information content (AvgIpc) is 2.88. The Labute approximate surface area is 224 Å². The molecule has 1 aliphatic heterocycles. The number of urea groups is 1. The SMILES string of the molecule is CO[C@@H]1CN(C)C(=O)c2cc(NC(=O)Nc3ccccc3)ccc2OC[C@@H](C)N(C(=O)CN(C)C)C[C@@H]1C. The maximum atomic E-state index is 13.5. The van der Waals surface area contributed by atoms with Gasteiger partial charge in [-0.1, -0.05) is 25.1 Å². The molecule has 10 nitrogen and oxygen atoms in total. The number of para-hydroxylation sites is 1. The highest BCUT2D eigenvalue weighted by atomic mass is 16.5. The van der Waals surface area contributed by atoms with Crippen LogP contribution in [0.4, 0.5) is 16.2 Å². The van der Waals surface area contributed by atoms with Gasteiger partial charge in [0.1, 0.15) is 12.4 Å². The topological polar surface area (TPSA) is 103 Å². The number of nitrogens with zero attached hydrogens (tertiary/aromatic N) is 3. The minimum Gasteiger partial charge on any atom is -0.491 e. The van der Waals surface area contributed by atoms with E-state index >= 15 is 0 Å². The minimum atomic E-state index is -0.428. The molecule has 206 valence electrons. The predicted molar refractivity (Wildman–Crippen MR) is 148 cm³/mol. The highest BCUT2D eigenvalue weighted by Crippen LogP contribution is 2.26. The van der Waals surface area contributed by atoms with E-state index in [4.69, 9.17) is 9.47 Å². The number of hydrogen-bond donors (Lipinski definition) is 2. The van der Waals surface area contributed by atoms with Gasteiger partial charge in [-0.05, 0) is 51.4 Å². The molecule has 0 aliphatic carbocycles. The van der Waals surface area contributed by atoms with Gasteiger partial charge >= 0.3 is 6.03 Å². The van der Waals surface area contributed by atoms with E-state index in [1.807, 2.05) is 55.9 Å². The molecule has 0 unspecified atom stereocenters. The first kappa shape index (κ1) is 28.9. The Morgan fingerprint density at radius 1 is 1.05 bits per heavy atom. The molecule has 0 radical (unpaired) electrons. The Morgan fingerprint density at radius 3 is 2.39 bits per heavy atom. The van der Waals surface area contributed by atoms with Crippen molar-refractivity contribution in [2.24, 2.45) is 5.92 Å². The fraction of sp³-hybridized carbons (Fsp3) is 0.464. The van der Waals surface area contributed by atoms with Gasteiger partial charge in [0.15, 0.2) is 0 Å². The summed E-state index contributed by atoms with van der Waals surface area (Å²) in [5.74, 6) is 0.0938. The Bertz CT molecular complexity index is 1110. The Morgan fingerprint density at radius 2 is 1.74 bits per heavy atom. The second kappa shape index (κ2) is 13.3. The maximum absolute atomic E-state index is 13.5. The number of nitrogens with one attached hydrogen (secondary N) is 2. The summed E-state index contributed by atoms with van der Waals surface area (Å²) in [4.78, 5) is 44.4. The van der Waals surface area contributed by atoms with Gasteiger partial charge in [0.05, 0.1) is 24.3 Å². The van der Waals surface area contributed by atoms with E-state index in [-0.39, 0.29) is 43.0 Å². The van der Waals surface area contributed by atoms with Crippen LogP contribution in [0, 0.1) is 5.92 Å². The van der Waals surface area contributed by atoms with Crippen molar-refractivity contribution in [3.05, 3.63) is 54.1 Å². The summed E-state index contributed by atoms with van der Waals surface area (Å²) in [6.45, 7) is 5.24. The van der Waals surface area contributed by atoms with Crippen molar-refractivity contribution in [2.75, 3.05) is 65.1 Å². The summed E-state index contributed by atoms with van der Waals surface area (Å²) in [5, 5.41) is 5.54. The molecule has 38 heavy (non-hydrogen) atoms. The highest BCUT2D eigenvalue weighted by molar-refractivity contribution is 6.02. The van der Waals surface area contributed by atoms with E-state index in [2.05, 4.69) is 10.6 Å². The normalized spacial score (nSPS) is 20.6. The predicted octanol–water partition coefficient (Wildman–Crippen LogP) is 3.22. The molecule has 1 heterocycles. The number of benzene rings is 2. The van der Waals surface area contributed by atoms with E-state index in [0.29, 0.717) is 35.8 Å². The second-order valence-electron chi connectivity index (χ2n) is 10.0. The molecule has 2 N–H and O–H groups in total. The van der Waals surface area contributed by atoms with Gasteiger partial charge in [-0.2, -0.15) is 0 Å². The van der Waals surface area contributed by atoms with Gasteiger partial charge in [0, 0.05) is 44.5 Å². The summed E-state index contributed by atoms with van der Waals surface area (Å²) in [6, 6.07) is 13.4. The Kier molecular flexibility index (Phi) is 10.1. The first-order chi connectivity index (χ1) is 18.1. The van der Waals surface area contributed by atoms with Gasteiger partial charge < -0.3 is 34.8 Å². The highest BCUT2D eigenvalue weighted by Gasteiger charge is 2.30. The van der Waals surface area contributed by atoms with Crippen molar-refractivity contribution in [3.8, 4) is 5.75 Å². The molecule has 3 atom stereocenters. The largest absolute Gasteiger partial charge is 0.491 e. The molecule has 0 saturated carbocycles. The summed E-state index contributed by atoms with van der Waals surface area (Å²) in [6.07, 6.45) is -0.285. The van der Waals surface area contributed by atoms with E-state index in [0.717, 1.165) is 0 Å². The minimum absolute atomic E-state index is 0.00140. The van der Waals surface area contributed by atoms with Crippen LogP contribution >= 0.6 is 0 Å². The first-order valence-corrected chi connectivity index (χ1v) is 12.7. The third-order valence-corrected chi connectivity index (χ3v) is 6.51. The molecule has 0 aromatic heterocycles.